The van der Waals surface area contributed by atoms with Crippen LogP contribution in [-0.4, -0.2) is 14.8 Å². The molecule has 1 aromatic carbocycles. The normalized spacial score (nSPS) is 10.7. The van der Waals surface area contributed by atoms with Crippen molar-refractivity contribution in [3.63, 3.8) is 0 Å². The van der Waals surface area contributed by atoms with Crippen LogP contribution in [0.5, 0.6) is 0 Å². The number of nitrogens with zero attached hydrogens (tertiary/aromatic N) is 3. The second-order valence-electron chi connectivity index (χ2n) is 4.50. The van der Waals surface area contributed by atoms with Gasteiger partial charge in [-0.2, -0.15) is 0 Å². The fourth-order valence-corrected chi connectivity index (χ4v) is 2.73. The summed E-state index contributed by atoms with van der Waals surface area (Å²) in [5, 5.41) is 13.4. The Morgan fingerprint density at radius 1 is 1.35 bits per heavy atom. The van der Waals surface area contributed by atoms with Gasteiger partial charge in [0, 0.05) is 28.9 Å². The first-order chi connectivity index (χ1) is 9.74. The number of nitrogen functional groups attached to an aromatic ring is 1. The van der Waals surface area contributed by atoms with Gasteiger partial charge in [-0.05, 0) is 23.6 Å². The van der Waals surface area contributed by atoms with E-state index in [2.05, 4.69) is 21.6 Å². The second-order valence-corrected chi connectivity index (χ2v) is 5.50. The molecule has 6 heteroatoms. The number of nitrogens with two attached hydrogens (primary N) is 1. The van der Waals surface area contributed by atoms with E-state index in [1.165, 1.54) is 0 Å². The van der Waals surface area contributed by atoms with Crippen molar-refractivity contribution < 1.29 is 0 Å². The van der Waals surface area contributed by atoms with Crippen LogP contribution in [0, 0.1) is 0 Å². The van der Waals surface area contributed by atoms with Crippen molar-refractivity contribution >= 4 is 22.7 Å². The number of hydrogen-bond acceptors (Lipinski definition) is 5. The highest BCUT2D eigenvalue weighted by atomic mass is 32.1. The molecule has 0 fully saturated rings. The highest BCUT2D eigenvalue weighted by Crippen LogP contribution is 2.23. The number of anilines is 2. The Labute approximate surface area is 121 Å². The number of aryl methyl sites for hydroxylation is 1. The molecule has 102 valence electrons. The summed E-state index contributed by atoms with van der Waals surface area (Å²) in [6.07, 6.45) is 1.70. The number of hydrogen-bond donors (Lipinski definition) is 2. The van der Waals surface area contributed by atoms with E-state index in [0.29, 0.717) is 0 Å². The quantitative estimate of drug-likeness (QED) is 0.773. The first kappa shape index (κ1) is 12.7. The molecule has 2 aromatic heterocycles. The van der Waals surface area contributed by atoms with Gasteiger partial charge in [0.25, 0.3) is 0 Å². The molecule has 0 saturated heterocycles. The molecule has 5 nitrogen and oxygen atoms in total. The highest BCUT2D eigenvalue weighted by molar-refractivity contribution is 7.10. The maximum Gasteiger partial charge on any atom is 0.163 e. The molecule has 0 radical (unpaired) electrons. The minimum absolute atomic E-state index is 0.728. The number of rotatable bonds is 4. The van der Waals surface area contributed by atoms with E-state index in [0.717, 1.165) is 34.2 Å². The zero-order valence-electron chi connectivity index (χ0n) is 11.1. The Balaban J connectivity index is 1.78. The van der Waals surface area contributed by atoms with Crippen molar-refractivity contribution in [3.05, 3.63) is 46.9 Å². The van der Waals surface area contributed by atoms with Gasteiger partial charge >= 0.3 is 0 Å². The van der Waals surface area contributed by atoms with E-state index in [9.17, 15) is 0 Å². The van der Waals surface area contributed by atoms with Crippen LogP contribution >= 0.6 is 11.3 Å². The number of nitrogens with one attached hydrogen (secondary N) is 1. The Morgan fingerprint density at radius 2 is 2.25 bits per heavy atom. The Bertz CT molecular complexity index is 716. The summed E-state index contributed by atoms with van der Waals surface area (Å²) in [5.74, 6) is 0.851. The maximum atomic E-state index is 5.88. The van der Waals surface area contributed by atoms with Crippen molar-refractivity contribution in [2.45, 2.75) is 6.54 Å². The third-order valence-electron chi connectivity index (χ3n) is 3.07. The minimum Gasteiger partial charge on any atom is -0.398 e. The van der Waals surface area contributed by atoms with Crippen LogP contribution in [0.2, 0.25) is 0 Å². The second kappa shape index (κ2) is 5.34. The molecule has 0 atom stereocenters. The topological polar surface area (TPSA) is 68.8 Å². The molecular weight excluding hydrogens is 270 g/mol. The van der Waals surface area contributed by atoms with Crippen LogP contribution in [0.1, 0.15) is 4.88 Å². The van der Waals surface area contributed by atoms with E-state index in [-0.39, 0.29) is 0 Å². The summed E-state index contributed by atoms with van der Waals surface area (Å²) < 4.78 is 1.90. The van der Waals surface area contributed by atoms with Gasteiger partial charge in [-0.3, -0.25) is 0 Å². The van der Waals surface area contributed by atoms with Crippen LogP contribution in [-0.2, 0) is 13.6 Å². The van der Waals surface area contributed by atoms with Crippen molar-refractivity contribution in [3.8, 4) is 11.4 Å². The number of thiophene rings is 1. The molecule has 0 spiro atoms. The fraction of sp³-hybridized carbons (Fsp3) is 0.143. The van der Waals surface area contributed by atoms with E-state index in [1.807, 2.05) is 41.3 Å². The summed E-state index contributed by atoms with van der Waals surface area (Å²) >= 11 is 1.66. The molecule has 0 aliphatic heterocycles. The number of benzene rings is 1. The van der Waals surface area contributed by atoms with Gasteiger partial charge in [-0.15, -0.1) is 21.5 Å². The first-order valence-electron chi connectivity index (χ1n) is 6.24. The molecule has 2 heterocycles. The summed E-state index contributed by atoms with van der Waals surface area (Å²) in [4.78, 5) is 1.15. The van der Waals surface area contributed by atoms with Gasteiger partial charge in [0.2, 0.25) is 0 Å². The average Bonchev–Trinajstić information content (AvgIpc) is 3.05. The predicted molar refractivity (Wildman–Crippen MR) is 82.5 cm³/mol. The average molecular weight is 285 g/mol. The standard InChI is InChI=1S/C14H15N5S/c1-19-9-17-18-14(19)10-3-2-4-11(7-10)16-8-13-12(15)5-6-20-13/h2-7,9,16H,8,15H2,1H3. The monoisotopic (exact) mass is 285 g/mol. The lowest BCUT2D eigenvalue weighted by molar-refractivity contribution is 0.920. The molecular formula is C14H15N5S. The van der Waals surface area contributed by atoms with Crippen LogP contribution in [0.3, 0.4) is 0 Å². The number of aromatic nitrogens is 3. The van der Waals surface area contributed by atoms with Crippen LogP contribution < -0.4 is 11.1 Å². The summed E-state index contributed by atoms with van der Waals surface area (Å²) in [6.45, 7) is 0.728. The predicted octanol–water partition coefficient (Wildman–Crippen LogP) is 2.74. The van der Waals surface area contributed by atoms with Crippen molar-refractivity contribution in [1.29, 1.82) is 0 Å². The highest BCUT2D eigenvalue weighted by Gasteiger charge is 2.05. The molecule has 3 N–H and O–H groups in total. The lowest BCUT2D eigenvalue weighted by Crippen LogP contribution is -2.00. The Hall–Kier alpha value is -2.34. The Kier molecular flexibility index (Phi) is 3.39. The van der Waals surface area contributed by atoms with E-state index >= 15 is 0 Å². The molecule has 0 bridgehead atoms. The van der Waals surface area contributed by atoms with Gasteiger partial charge in [-0.1, -0.05) is 12.1 Å². The smallest absolute Gasteiger partial charge is 0.163 e. The lowest BCUT2D eigenvalue weighted by Gasteiger charge is -2.08. The molecule has 3 aromatic rings. The van der Waals surface area contributed by atoms with Crippen LogP contribution in [0.15, 0.2) is 42.0 Å². The van der Waals surface area contributed by atoms with E-state index in [1.54, 1.807) is 17.7 Å². The fourth-order valence-electron chi connectivity index (χ4n) is 1.99. The maximum absolute atomic E-state index is 5.88. The largest absolute Gasteiger partial charge is 0.398 e. The van der Waals surface area contributed by atoms with Gasteiger partial charge in [0.15, 0.2) is 5.82 Å². The molecule has 3 rings (SSSR count). The zero-order valence-corrected chi connectivity index (χ0v) is 11.9. The summed E-state index contributed by atoms with van der Waals surface area (Å²) in [6, 6.07) is 10.0. The third kappa shape index (κ3) is 2.50. The molecule has 0 unspecified atom stereocenters. The lowest BCUT2D eigenvalue weighted by atomic mass is 10.2. The van der Waals surface area contributed by atoms with Crippen molar-refractivity contribution in [2.75, 3.05) is 11.1 Å². The molecule has 0 aliphatic carbocycles. The van der Waals surface area contributed by atoms with Gasteiger partial charge < -0.3 is 15.6 Å². The summed E-state index contributed by atoms with van der Waals surface area (Å²) in [5.41, 5.74) is 8.80. The minimum atomic E-state index is 0.728. The first-order valence-corrected chi connectivity index (χ1v) is 7.12. The van der Waals surface area contributed by atoms with E-state index in [4.69, 9.17) is 5.73 Å². The van der Waals surface area contributed by atoms with Gasteiger partial charge in [-0.25, -0.2) is 0 Å². The van der Waals surface area contributed by atoms with Gasteiger partial charge in [0.1, 0.15) is 6.33 Å². The van der Waals surface area contributed by atoms with E-state index < -0.39 is 0 Å². The van der Waals surface area contributed by atoms with Crippen LogP contribution in [0.25, 0.3) is 11.4 Å². The van der Waals surface area contributed by atoms with Gasteiger partial charge in [0.05, 0.1) is 6.54 Å². The van der Waals surface area contributed by atoms with Crippen LogP contribution in [0.4, 0.5) is 11.4 Å². The SMILES string of the molecule is Cn1cnnc1-c1cccc(NCc2sccc2N)c1. The summed E-state index contributed by atoms with van der Waals surface area (Å²) in [7, 11) is 1.93. The molecule has 20 heavy (non-hydrogen) atoms. The molecule has 0 amide bonds. The molecule has 0 saturated carbocycles. The molecule has 0 aliphatic rings. The van der Waals surface area contributed by atoms with Crippen molar-refractivity contribution in [2.24, 2.45) is 7.05 Å². The Morgan fingerprint density at radius 3 is 2.95 bits per heavy atom. The third-order valence-corrected chi connectivity index (χ3v) is 4.00. The zero-order chi connectivity index (χ0) is 13.9. The van der Waals surface area contributed by atoms with Crippen molar-refractivity contribution in [1.82, 2.24) is 14.8 Å².